The maximum Gasteiger partial charge on any atom is 0.317 e. The quantitative estimate of drug-likeness (QED) is 0.418. The highest BCUT2D eigenvalue weighted by atomic mass is 35.5. The Morgan fingerprint density at radius 1 is 1.35 bits per heavy atom. The molecule has 3 N–H and O–H groups in total. The summed E-state index contributed by atoms with van der Waals surface area (Å²) in [4.78, 5) is 14.9. The second-order valence-electron chi connectivity index (χ2n) is 11.0. The number of aliphatic hydroxyl groups excluding tert-OH is 2. The Hall–Kier alpha value is -2.18. The van der Waals surface area contributed by atoms with Gasteiger partial charge in [0.15, 0.2) is 0 Å². The fraction of sp³-hybridized carbons (Fsp3) is 0.556. The molecule has 2 amide bonds. The molecule has 37 heavy (non-hydrogen) atoms. The van der Waals surface area contributed by atoms with Gasteiger partial charge in [-0.2, -0.15) is 5.26 Å². The Morgan fingerprint density at radius 3 is 2.65 bits per heavy atom. The number of halogens is 4. The molecule has 202 valence electrons. The van der Waals surface area contributed by atoms with Gasteiger partial charge in [0.25, 0.3) is 0 Å². The molecule has 0 aromatic heterocycles. The number of nitrogens with zero attached hydrogens (tertiary/aromatic N) is 2. The molecular weight excluding hydrogens is 523 g/mol. The van der Waals surface area contributed by atoms with Gasteiger partial charge in [0.05, 0.1) is 29.9 Å². The number of carbonyl (C=O) groups excluding carboxylic acids is 1. The van der Waals surface area contributed by atoms with Crippen molar-refractivity contribution in [1.82, 2.24) is 10.2 Å². The van der Waals surface area contributed by atoms with Gasteiger partial charge in [-0.15, -0.1) is 0 Å². The first-order valence-electron chi connectivity index (χ1n) is 12.3. The van der Waals surface area contributed by atoms with E-state index in [9.17, 15) is 15.2 Å². The number of amides is 2. The van der Waals surface area contributed by atoms with Crippen LogP contribution in [0.4, 0.5) is 13.6 Å². The number of carbonyl (C=O) groups is 1. The third-order valence-corrected chi connectivity index (χ3v) is 7.64. The van der Waals surface area contributed by atoms with Gasteiger partial charge in [-0.1, -0.05) is 56.1 Å². The van der Waals surface area contributed by atoms with Crippen LogP contribution in [-0.4, -0.2) is 53.0 Å². The van der Waals surface area contributed by atoms with Gasteiger partial charge >= 0.3 is 6.03 Å². The third-order valence-electron chi connectivity index (χ3n) is 7.10. The number of rotatable bonds is 7. The molecule has 6 nitrogen and oxygen atoms in total. The van der Waals surface area contributed by atoms with Crippen LogP contribution in [0.1, 0.15) is 45.6 Å². The van der Waals surface area contributed by atoms with Gasteiger partial charge < -0.3 is 20.4 Å². The minimum absolute atomic E-state index is 0.0478. The largest absolute Gasteiger partial charge is 0.394 e. The number of benzene rings is 1. The van der Waals surface area contributed by atoms with E-state index >= 15 is 8.78 Å². The molecule has 0 bridgehead atoms. The Kier molecular flexibility index (Phi) is 9.28. The molecule has 3 unspecified atom stereocenters. The van der Waals surface area contributed by atoms with Crippen molar-refractivity contribution in [3.63, 3.8) is 0 Å². The number of nitrogens with one attached hydrogen (secondary N) is 1. The Morgan fingerprint density at radius 2 is 2.05 bits per heavy atom. The number of hydrogen-bond acceptors (Lipinski definition) is 4. The molecule has 1 aliphatic carbocycles. The Labute approximate surface area is 226 Å². The first-order chi connectivity index (χ1) is 17.4. The van der Waals surface area contributed by atoms with Gasteiger partial charge in [-0.05, 0) is 42.9 Å². The van der Waals surface area contributed by atoms with E-state index in [1.807, 2.05) is 20.8 Å². The minimum Gasteiger partial charge on any atom is -0.394 e. The maximum atomic E-state index is 15.6. The van der Waals surface area contributed by atoms with E-state index in [-0.39, 0.29) is 47.0 Å². The van der Waals surface area contributed by atoms with Crippen molar-refractivity contribution in [2.24, 2.45) is 17.3 Å². The monoisotopic (exact) mass is 555 g/mol. The predicted octanol–water partition coefficient (Wildman–Crippen LogP) is 5.43. The number of aliphatic hydroxyl groups is 2. The zero-order valence-electron chi connectivity index (χ0n) is 21.1. The average Bonchev–Trinajstić information content (AvgIpc) is 3.13. The van der Waals surface area contributed by atoms with E-state index in [4.69, 9.17) is 28.3 Å². The molecule has 2 aliphatic rings. The van der Waals surface area contributed by atoms with Crippen LogP contribution in [0.25, 0.3) is 0 Å². The number of hydrogen-bond donors (Lipinski definition) is 3. The van der Waals surface area contributed by atoms with Crippen LogP contribution in [0.3, 0.4) is 0 Å². The van der Waals surface area contributed by atoms with E-state index in [1.54, 1.807) is 6.08 Å². The molecule has 1 aromatic rings. The van der Waals surface area contributed by atoms with Crippen LogP contribution >= 0.6 is 23.2 Å². The second kappa shape index (κ2) is 11.7. The SMILES string of the molecule is CC(C)(C)CC1CN(C(=O)NCCC(O)CO)[C@@H](C2CC=CC(Cl)=C2F)[C@]1(C#N)c1ccc(Cl)cc1F. The molecule has 0 spiro atoms. The normalized spacial score (nSPS) is 26.8. The molecule has 0 radical (unpaired) electrons. The summed E-state index contributed by atoms with van der Waals surface area (Å²) in [6.07, 6.45) is 2.84. The van der Waals surface area contributed by atoms with Crippen LogP contribution in [0, 0.1) is 34.4 Å². The van der Waals surface area contributed by atoms with Crippen LogP contribution in [0.2, 0.25) is 5.02 Å². The summed E-state index contributed by atoms with van der Waals surface area (Å²) in [6.45, 7) is 5.64. The molecule has 1 heterocycles. The Balaban J connectivity index is 2.19. The van der Waals surface area contributed by atoms with Gasteiger partial charge in [0.2, 0.25) is 0 Å². The zero-order valence-corrected chi connectivity index (χ0v) is 22.7. The molecular formula is C27H33Cl2F2N3O3. The summed E-state index contributed by atoms with van der Waals surface area (Å²) in [5, 5.41) is 32.3. The van der Waals surface area contributed by atoms with Crippen LogP contribution in [-0.2, 0) is 5.41 Å². The fourth-order valence-electron chi connectivity index (χ4n) is 5.60. The second-order valence-corrected chi connectivity index (χ2v) is 11.8. The first kappa shape index (κ1) is 29.4. The first-order valence-corrected chi connectivity index (χ1v) is 13.0. The minimum atomic E-state index is -1.60. The van der Waals surface area contributed by atoms with E-state index < -0.39 is 53.7 Å². The van der Waals surface area contributed by atoms with Gasteiger partial charge in [0.1, 0.15) is 17.1 Å². The van der Waals surface area contributed by atoms with Crippen molar-refractivity contribution in [2.75, 3.05) is 19.7 Å². The summed E-state index contributed by atoms with van der Waals surface area (Å²) < 4.78 is 31.2. The molecule has 3 rings (SSSR count). The summed E-state index contributed by atoms with van der Waals surface area (Å²) in [5.74, 6) is -2.88. The molecule has 5 atom stereocenters. The lowest BCUT2D eigenvalue weighted by molar-refractivity contribution is 0.0879. The Bertz CT molecular complexity index is 1120. The topological polar surface area (TPSA) is 96.6 Å². The van der Waals surface area contributed by atoms with Crippen molar-refractivity contribution in [3.8, 4) is 6.07 Å². The standard InChI is InChI=1S/C27H33Cl2F2N3O3/c1-26(2,3)12-16-13-34(25(37)33-10-9-18(36)14-35)24(19-5-4-6-21(29)23(19)31)27(16,15-32)20-8-7-17(28)11-22(20)30/h4,6-8,11,16,18-19,24,35-36H,5,9-10,12-14H2,1-3H3,(H,33,37)/t16?,18?,19?,24-,27-/m0/s1. The lowest BCUT2D eigenvalue weighted by atomic mass is 9.62. The number of urea groups is 1. The lowest BCUT2D eigenvalue weighted by Crippen LogP contribution is -2.53. The van der Waals surface area contributed by atoms with E-state index in [1.165, 1.54) is 23.1 Å². The third kappa shape index (κ3) is 6.12. The van der Waals surface area contributed by atoms with E-state index in [0.717, 1.165) is 6.07 Å². The molecule has 1 saturated heterocycles. The van der Waals surface area contributed by atoms with E-state index in [2.05, 4.69) is 11.4 Å². The molecule has 0 saturated carbocycles. The van der Waals surface area contributed by atoms with Crippen molar-refractivity contribution < 1.29 is 23.8 Å². The van der Waals surface area contributed by atoms with Crippen LogP contribution in [0.15, 0.2) is 41.2 Å². The van der Waals surface area contributed by atoms with Gasteiger partial charge in [-0.3, -0.25) is 0 Å². The van der Waals surface area contributed by atoms with Crippen molar-refractivity contribution in [1.29, 1.82) is 5.26 Å². The molecule has 10 heteroatoms. The summed E-state index contributed by atoms with van der Waals surface area (Å²) in [7, 11) is 0. The summed E-state index contributed by atoms with van der Waals surface area (Å²) >= 11 is 12.2. The molecule has 1 aromatic carbocycles. The molecule has 1 aliphatic heterocycles. The lowest BCUT2D eigenvalue weighted by Gasteiger charge is -2.41. The van der Waals surface area contributed by atoms with Crippen LogP contribution < -0.4 is 5.32 Å². The summed E-state index contributed by atoms with van der Waals surface area (Å²) in [5.41, 5.74) is -1.84. The smallest absolute Gasteiger partial charge is 0.317 e. The highest BCUT2D eigenvalue weighted by Crippen LogP contribution is 2.54. The van der Waals surface area contributed by atoms with Crippen molar-refractivity contribution in [2.45, 2.75) is 57.6 Å². The highest BCUT2D eigenvalue weighted by molar-refractivity contribution is 6.31. The molecule has 1 fully saturated rings. The van der Waals surface area contributed by atoms with Gasteiger partial charge in [-0.25, -0.2) is 13.6 Å². The number of allylic oxidation sites excluding steroid dienone is 3. The average molecular weight is 556 g/mol. The highest BCUT2D eigenvalue weighted by Gasteiger charge is 2.61. The maximum absolute atomic E-state index is 15.6. The van der Waals surface area contributed by atoms with Gasteiger partial charge in [0, 0.05) is 35.5 Å². The van der Waals surface area contributed by atoms with E-state index in [0.29, 0.717) is 6.42 Å². The van der Waals surface area contributed by atoms with Crippen molar-refractivity contribution in [3.05, 3.63) is 57.6 Å². The number of nitriles is 1. The predicted molar refractivity (Wildman–Crippen MR) is 139 cm³/mol. The summed E-state index contributed by atoms with van der Waals surface area (Å²) in [6, 6.07) is 4.76. The zero-order chi connectivity index (χ0) is 27.5. The van der Waals surface area contributed by atoms with Crippen molar-refractivity contribution >= 4 is 29.2 Å². The number of likely N-dealkylation sites (tertiary alicyclic amines) is 1. The van der Waals surface area contributed by atoms with Crippen LogP contribution in [0.5, 0.6) is 0 Å². The fourth-order valence-corrected chi connectivity index (χ4v) is 5.99.